The van der Waals surface area contributed by atoms with Gasteiger partial charge >= 0.3 is 0 Å². The van der Waals surface area contributed by atoms with Crippen LogP contribution >= 0.6 is 123 Å². The van der Waals surface area contributed by atoms with Gasteiger partial charge in [-0.3, -0.25) is 0 Å². The van der Waals surface area contributed by atoms with Crippen LogP contribution in [0.15, 0.2) is 11.6 Å². The molecule has 0 aromatic carbocycles. The highest BCUT2D eigenvalue weighted by Crippen LogP contribution is 2.35. The molecule has 0 aromatic rings. The Balaban J connectivity index is 4.75. The average Bonchev–Trinajstić information content (AvgIpc) is 2.42. The van der Waals surface area contributed by atoms with Gasteiger partial charge in [-0.1, -0.05) is 94.7 Å². The van der Waals surface area contributed by atoms with Crippen LogP contribution in [0.4, 0.5) is 8.78 Å². The van der Waals surface area contributed by atoms with Crippen LogP contribution in [0.1, 0.15) is 0 Å². The smallest absolute Gasteiger partial charge is 0.146 e. The second kappa shape index (κ2) is 11.7. The highest BCUT2D eigenvalue weighted by Gasteiger charge is 2.41. The summed E-state index contributed by atoms with van der Waals surface area (Å²) in [6.45, 7) is 0. The molecule has 0 spiro atoms. The minimum atomic E-state index is -1.77. The molecule has 0 aromatic heterocycles. The SMILES string of the molecule is FC(C(F)C(I)C(I)/C=C/Cl)C(Br)C(Br)C(Cl)C(Cl)Cl. The number of alkyl halides is 9. The van der Waals surface area contributed by atoms with E-state index in [9.17, 15) is 8.78 Å². The fraction of sp³-hybridized carbons (Fsp3) is 0.800. The molecular weight excluding hydrogens is 714 g/mol. The normalized spacial score (nSPS) is 23.4. The van der Waals surface area contributed by atoms with E-state index in [1.54, 1.807) is 6.08 Å². The van der Waals surface area contributed by atoms with Crippen molar-refractivity contribution in [3.8, 4) is 0 Å². The molecule has 0 fully saturated rings. The zero-order valence-corrected chi connectivity index (χ0v) is 20.1. The van der Waals surface area contributed by atoms with Crippen molar-refractivity contribution in [2.45, 2.75) is 40.1 Å². The predicted molar refractivity (Wildman–Crippen MR) is 111 cm³/mol. The van der Waals surface area contributed by atoms with E-state index in [1.807, 2.05) is 45.2 Å². The summed E-state index contributed by atoms with van der Waals surface area (Å²) in [7, 11) is 0. The molecule has 120 valence electrons. The minimum Gasteiger partial charge on any atom is -0.243 e. The number of hydrogen-bond donors (Lipinski definition) is 0. The number of halogens is 10. The van der Waals surface area contributed by atoms with E-state index in [4.69, 9.17) is 46.4 Å². The van der Waals surface area contributed by atoms with E-state index in [1.165, 1.54) is 5.54 Å². The van der Waals surface area contributed by atoms with Crippen molar-refractivity contribution in [1.29, 1.82) is 0 Å². The van der Waals surface area contributed by atoms with Crippen molar-refractivity contribution in [3.63, 3.8) is 0 Å². The third kappa shape index (κ3) is 7.38. The molecule has 20 heavy (non-hydrogen) atoms. The standard InChI is InChI=1S/C10H10Br2Cl4F2I2/c11-4(6(14)10(15)16)5(12)7(17)8(18)9(20)3(19)1-2-13/h1-10H/b2-1+. The zero-order valence-electron chi connectivity index (χ0n) is 9.55. The molecule has 7 unspecified atom stereocenters. The van der Waals surface area contributed by atoms with Crippen LogP contribution in [-0.4, -0.2) is 40.1 Å². The summed E-state index contributed by atoms with van der Waals surface area (Å²) in [5.41, 5.74) is 1.29. The molecule has 0 heterocycles. The van der Waals surface area contributed by atoms with Gasteiger partial charge in [0.2, 0.25) is 0 Å². The van der Waals surface area contributed by atoms with Gasteiger partial charge in [0.05, 0.1) is 14.1 Å². The second-order valence-corrected chi connectivity index (χ2v) is 10.7. The lowest BCUT2D eigenvalue weighted by Gasteiger charge is -2.29. The van der Waals surface area contributed by atoms with Crippen molar-refractivity contribution < 1.29 is 8.78 Å². The molecule has 0 aliphatic carbocycles. The minimum absolute atomic E-state index is 0.229. The van der Waals surface area contributed by atoms with Gasteiger partial charge in [-0.15, -0.1) is 34.8 Å². The van der Waals surface area contributed by atoms with Crippen molar-refractivity contribution in [1.82, 2.24) is 0 Å². The van der Waals surface area contributed by atoms with Gasteiger partial charge in [-0.25, -0.2) is 8.78 Å². The zero-order chi connectivity index (χ0) is 16.0. The Morgan fingerprint density at radius 3 is 1.85 bits per heavy atom. The lowest BCUT2D eigenvalue weighted by Crippen LogP contribution is -2.43. The number of rotatable bonds is 8. The summed E-state index contributed by atoms with van der Waals surface area (Å²) >= 11 is 32.9. The first kappa shape index (κ1) is 23.2. The van der Waals surface area contributed by atoms with Crippen LogP contribution in [0.2, 0.25) is 0 Å². The van der Waals surface area contributed by atoms with Gasteiger partial charge in [0, 0.05) is 14.3 Å². The Hall–Kier alpha value is 3.18. The van der Waals surface area contributed by atoms with Gasteiger partial charge in [0.15, 0.2) is 0 Å². The Bertz CT molecular complexity index is 315. The lowest BCUT2D eigenvalue weighted by molar-refractivity contribution is 0.166. The van der Waals surface area contributed by atoms with Crippen LogP contribution in [0, 0.1) is 0 Å². The quantitative estimate of drug-likeness (QED) is 0.188. The van der Waals surface area contributed by atoms with Crippen LogP contribution in [-0.2, 0) is 0 Å². The molecule has 0 saturated carbocycles. The third-order valence-electron chi connectivity index (χ3n) is 2.32. The number of allylic oxidation sites excluding steroid dienone is 1. The van der Waals surface area contributed by atoms with Gasteiger partial charge in [-0.2, -0.15) is 0 Å². The van der Waals surface area contributed by atoms with Gasteiger partial charge in [0.1, 0.15) is 17.2 Å². The maximum Gasteiger partial charge on any atom is 0.146 e. The van der Waals surface area contributed by atoms with E-state index in [0.29, 0.717) is 0 Å². The van der Waals surface area contributed by atoms with Gasteiger partial charge < -0.3 is 0 Å². The van der Waals surface area contributed by atoms with Crippen molar-refractivity contribution in [2.24, 2.45) is 0 Å². The Labute approximate surface area is 181 Å². The van der Waals surface area contributed by atoms with Crippen molar-refractivity contribution in [2.75, 3.05) is 0 Å². The average molecular weight is 724 g/mol. The molecule has 0 amide bonds. The van der Waals surface area contributed by atoms with Crippen LogP contribution in [0.5, 0.6) is 0 Å². The van der Waals surface area contributed by atoms with E-state index >= 15 is 0 Å². The molecular formula is C10H10Br2Cl4F2I2. The first-order valence-electron chi connectivity index (χ1n) is 5.18. The highest BCUT2D eigenvalue weighted by atomic mass is 127. The maximum atomic E-state index is 14.3. The van der Waals surface area contributed by atoms with Gasteiger partial charge in [-0.05, 0) is 0 Å². The molecule has 0 rings (SSSR count). The van der Waals surface area contributed by atoms with E-state index in [2.05, 4.69) is 31.9 Å². The Morgan fingerprint density at radius 2 is 1.45 bits per heavy atom. The fourth-order valence-electron chi connectivity index (χ4n) is 1.19. The topological polar surface area (TPSA) is 0 Å². The Kier molecular flexibility index (Phi) is 13.5. The van der Waals surface area contributed by atoms with Crippen LogP contribution < -0.4 is 0 Å². The fourth-order valence-corrected chi connectivity index (χ4v) is 5.05. The third-order valence-corrected chi connectivity index (χ3v) is 11.0. The molecule has 0 nitrogen and oxygen atoms in total. The van der Waals surface area contributed by atoms with E-state index in [0.717, 1.165) is 0 Å². The molecule has 0 N–H and O–H groups in total. The first-order valence-corrected chi connectivity index (χ1v) is 11.3. The van der Waals surface area contributed by atoms with Crippen LogP contribution in [0.25, 0.3) is 0 Å². The van der Waals surface area contributed by atoms with E-state index < -0.39 is 36.1 Å². The van der Waals surface area contributed by atoms with Crippen molar-refractivity contribution >= 4 is 123 Å². The summed E-state index contributed by atoms with van der Waals surface area (Å²) in [6, 6.07) is 0. The summed E-state index contributed by atoms with van der Waals surface area (Å²) in [5, 5.41) is -0.751. The first-order chi connectivity index (χ1) is 9.14. The van der Waals surface area contributed by atoms with Crippen molar-refractivity contribution in [3.05, 3.63) is 11.6 Å². The molecule has 10 heteroatoms. The maximum absolute atomic E-state index is 14.3. The molecule has 0 saturated heterocycles. The van der Waals surface area contributed by atoms with E-state index in [-0.39, 0.29) is 3.92 Å². The van der Waals surface area contributed by atoms with Crippen LogP contribution in [0.3, 0.4) is 0 Å². The molecule has 0 aliphatic heterocycles. The largest absolute Gasteiger partial charge is 0.243 e. The van der Waals surface area contributed by atoms with Gasteiger partial charge in [0.25, 0.3) is 0 Å². The predicted octanol–water partition coefficient (Wildman–Crippen LogP) is 6.96. The molecule has 7 atom stereocenters. The summed E-state index contributed by atoms with van der Waals surface area (Å²) in [6.07, 6.45) is -1.86. The molecule has 0 aliphatic rings. The monoisotopic (exact) mass is 720 g/mol. The lowest BCUT2D eigenvalue weighted by atomic mass is 10.0. The Morgan fingerprint density at radius 1 is 0.950 bits per heavy atom. The summed E-state index contributed by atoms with van der Waals surface area (Å²) < 4.78 is 27.7. The highest BCUT2D eigenvalue weighted by molar-refractivity contribution is 14.1. The summed E-state index contributed by atoms with van der Waals surface area (Å²) in [4.78, 5) is -2.36. The summed E-state index contributed by atoms with van der Waals surface area (Å²) in [5.74, 6) is 0. The molecule has 0 bridgehead atoms. The second-order valence-electron chi connectivity index (χ2n) is 3.76. The molecule has 0 radical (unpaired) electrons. The number of hydrogen-bond acceptors (Lipinski definition) is 0.